The molecule has 2 aromatic carbocycles. The molecule has 5 aliphatic heterocycles. The van der Waals surface area contributed by atoms with Crippen LogP contribution in [0.15, 0.2) is 30.3 Å². The highest BCUT2D eigenvalue weighted by Crippen LogP contribution is 2.35. The number of amides is 1. The first-order valence-corrected chi connectivity index (χ1v) is 13.3. The number of carbonyl (C=O) groups excluding carboxylic acids is 1. The van der Waals surface area contributed by atoms with Crippen molar-refractivity contribution in [3.8, 4) is 0 Å². The number of hydrogen-bond acceptors (Lipinski definition) is 4. The van der Waals surface area contributed by atoms with Gasteiger partial charge in [-0.2, -0.15) is 0 Å². The highest BCUT2D eigenvalue weighted by molar-refractivity contribution is 5.79. The Morgan fingerprint density at radius 3 is 2.50 bits per heavy atom. The lowest BCUT2D eigenvalue weighted by Crippen LogP contribution is -2.40. The molecule has 182 valence electrons. The molecule has 5 nitrogen and oxygen atoms in total. The standard InChI is InChI=1S/C29H40N4O/c1-20-25-12-13-27(28(20)30)33(31)15-4-2-3-5-21-6-10-24(11-7-21)29(34)32-16-14-23-9-8-22(17-25)18-26(23)19-32/h8-9,12-13,18,21,24H,2-7,10-11,14-17,19,30-31H2,1H3. The van der Waals surface area contributed by atoms with Gasteiger partial charge in [0.05, 0.1) is 11.4 Å². The predicted molar refractivity (Wildman–Crippen MR) is 139 cm³/mol. The Balaban J connectivity index is 1.42. The lowest BCUT2D eigenvalue weighted by molar-refractivity contribution is -0.137. The molecule has 0 atom stereocenters. The Bertz CT molecular complexity index is 1040. The third-order valence-corrected chi connectivity index (χ3v) is 8.61. The minimum Gasteiger partial charge on any atom is -0.397 e. The van der Waals surface area contributed by atoms with Gasteiger partial charge in [0, 0.05) is 25.6 Å². The number of hydrogen-bond donors (Lipinski definition) is 2. The van der Waals surface area contributed by atoms with Crippen LogP contribution in [0.1, 0.15) is 79.2 Å². The molecule has 1 amide bonds. The fourth-order valence-corrected chi connectivity index (χ4v) is 6.30. The van der Waals surface area contributed by atoms with E-state index in [-0.39, 0.29) is 5.92 Å². The molecule has 0 saturated heterocycles. The number of nitrogen functional groups attached to an aromatic ring is 1. The van der Waals surface area contributed by atoms with E-state index in [4.69, 9.17) is 11.6 Å². The van der Waals surface area contributed by atoms with Crippen molar-refractivity contribution in [2.75, 3.05) is 23.8 Å². The number of rotatable bonds is 0. The van der Waals surface area contributed by atoms with Crippen molar-refractivity contribution >= 4 is 17.3 Å². The Morgan fingerprint density at radius 1 is 0.882 bits per heavy atom. The lowest BCUT2D eigenvalue weighted by atomic mass is 9.79. The molecule has 5 heteroatoms. The summed E-state index contributed by atoms with van der Waals surface area (Å²) < 4.78 is 0. The van der Waals surface area contributed by atoms with E-state index in [0.29, 0.717) is 5.91 Å². The first-order chi connectivity index (χ1) is 16.5. The summed E-state index contributed by atoms with van der Waals surface area (Å²) in [7, 11) is 0. The van der Waals surface area contributed by atoms with Crippen LogP contribution in [0, 0.1) is 18.8 Å². The van der Waals surface area contributed by atoms with Crippen LogP contribution in [0.4, 0.5) is 11.4 Å². The van der Waals surface area contributed by atoms with Crippen molar-refractivity contribution in [2.24, 2.45) is 17.7 Å². The molecule has 0 unspecified atom stereocenters. The van der Waals surface area contributed by atoms with Gasteiger partial charge >= 0.3 is 0 Å². The normalized spacial score (nSPS) is 23.9. The summed E-state index contributed by atoms with van der Waals surface area (Å²) in [6.07, 6.45) is 11.1. The van der Waals surface area contributed by atoms with Crippen LogP contribution in [0.3, 0.4) is 0 Å². The number of nitrogens with two attached hydrogens (primary N) is 2. The summed E-state index contributed by atoms with van der Waals surface area (Å²) in [5.74, 6) is 7.82. The highest BCUT2D eigenvalue weighted by atomic mass is 16.2. The van der Waals surface area contributed by atoms with Gasteiger partial charge in [0.15, 0.2) is 0 Å². The van der Waals surface area contributed by atoms with E-state index in [1.54, 1.807) is 0 Å². The number of carbonyl (C=O) groups is 1. The van der Waals surface area contributed by atoms with E-state index < -0.39 is 0 Å². The molecule has 8 rings (SSSR count). The molecule has 5 heterocycles. The number of benzene rings is 2. The molecule has 34 heavy (non-hydrogen) atoms. The number of anilines is 2. The zero-order chi connectivity index (χ0) is 23.7. The molecule has 7 bridgehead atoms. The predicted octanol–water partition coefficient (Wildman–Crippen LogP) is 5.11. The third-order valence-electron chi connectivity index (χ3n) is 8.61. The first-order valence-electron chi connectivity index (χ1n) is 13.3. The van der Waals surface area contributed by atoms with Crippen molar-refractivity contribution in [1.29, 1.82) is 0 Å². The van der Waals surface area contributed by atoms with Gasteiger partial charge in [-0.3, -0.25) is 4.79 Å². The van der Waals surface area contributed by atoms with E-state index in [0.717, 1.165) is 74.6 Å². The van der Waals surface area contributed by atoms with Crippen LogP contribution in [0.5, 0.6) is 0 Å². The van der Waals surface area contributed by atoms with Gasteiger partial charge < -0.3 is 15.6 Å². The molecule has 2 aromatic rings. The second-order valence-corrected chi connectivity index (χ2v) is 10.8. The molecule has 0 spiro atoms. The van der Waals surface area contributed by atoms with E-state index in [1.807, 2.05) is 5.01 Å². The van der Waals surface area contributed by atoms with Gasteiger partial charge in [-0.05, 0) is 91.7 Å². The maximum absolute atomic E-state index is 13.4. The van der Waals surface area contributed by atoms with Crippen LogP contribution in [0.25, 0.3) is 0 Å². The largest absolute Gasteiger partial charge is 0.397 e. The highest BCUT2D eigenvalue weighted by Gasteiger charge is 2.31. The van der Waals surface area contributed by atoms with Crippen LogP contribution in [0.2, 0.25) is 0 Å². The van der Waals surface area contributed by atoms with Crippen LogP contribution in [-0.2, 0) is 24.2 Å². The number of hydrazine groups is 1. The van der Waals surface area contributed by atoms with Crippen LogP contribution in [-0.4, -0.2) is 23.9 Å². The van der Waals surface area contributed by atoms with Gasteiger partial charge in [0.1, 0.15) is 0 Å². The quantitative estimate of drug-likeness (QED) is 0.423. The Kier molecular flexibility index (Phi) is 6.82. The van der Waals surface area contributed by atoms with Crippen molar-refractivity contribution in [3.63, 3.8) is 0 Å². The van der Waals surface area contributed by atoms with Crippen LogP contribution < -0.4 is 16.6 Å². The summed E-state index contributed by atoms with van der Waals surface area (Å²) in [5, 5.41) is 1.83. The lowest BCUT2D eigenvalue weighted by Gasteiger charge is -2.35. The van der Waals surface area contributed by atoms with E-state index in [9.17, 15) is 4.79 Å². The van der Waals surface area contributed by atoms with Crippen molar-refractivity contribution in [1.82, 2.24) is 4.90 Å². The van der Waals surface area contributed by atoms with Gasteiger partial charge in [0.25, 0.3) is 0 Å². The monoisotopic (exact) mass is 460 g/mol. The van der Waals surface area contributed by atoms with Crippen LogP contribution >= 0.6 is 0 Å². The summed E-state index contributed by atoms with van der Waals surface area (Å²) in [6.45, 7) is 4.54. The maximum atomic E-state index is 13.4. The number of nitrogens with zero attached hydrogens (tertiary/aromatic N) is 2. The SMILES string of the molecule is Cc1c2ccc(c1N)N(N)CCCCCC1CCC(CC1)C(=O)N1CCc3ccc(cc3C1)C2. The van der Waals surface area contributed by atoms with E-state index in [2.05, 4.69) is 42.2 Å². The molecule has 4 N–H and O–H groups in total. The van der Waals surface area contributed by atoms with Crippen molar-refractivity contribution < 1.29 is 4.79 Å². The minimum atomic E-state index is 0.227. The fraction of sp³-hybridized carbons (Fsp3) is 0.552. The van der Waals surface area contributed by atoms with E-state index >= 15 is 0 Å². The molecular weight excluding hydrogens is 420 g/mol. The molecule has 0 aromatic heterocycles. The fourth-order valence-electron chi connectivity index (χ4n) is 6.30. The van der Waals surface area contributed by atoms with Gasteiger partial charge in [0.2, 0.25) is 5.91 Å². The van der Waals surface area contributed by atoms with E-state index in [1.165, 1.54) is 54.4 Å². The Hall–Kier alpha value is -2.53. The molecule has 1 saturated carbocycles. The van der Waals surface area contributed by atoms with Gasteiger partial charge in [-0.25, -0.2) is 5.84 Å². The van der Waals surface area contributed by atoms with Crippen molar-refractivity contribution in [3.05, 3.63) is 58.1 Å². The Labute approximate surface area is 204 Å². The smallest absolute Gasteiger partial charge is 0.225 e. The maximum Gasteiger partial charge on any atom is 0.225 e. The zero-order valence-electron chi connectivity index (χ0n) is 20.7. The summed E-state index contributed by atoms with van der Waals surface area (Å²) in [4.78, 5) is 15.5. The zero-order valence-corrected chi connectivity index (χ0v) is 20.7. The van der Waals surface area contributed by atoms with Crippen molar-refractivity contribution in [2.45, 2.75) is 77.7 Å². The minimum absolute atomic E-state index is 0.227. The molecule has 0 radical (unpaired) electrons. The average molecular weight is 461 g/mol. The second kappa shape index (κ2) is 9.99. The first kappa shape index (κ1) is 23.2. The topological polar surface area (TPSA) is 75.6 Å². The second-order valence-electron chi connectivity index (χ2n) is 10.8. The third kappa shape index (κ3) is 4.81. The molecular formula is C29H40N4O. The summed E-state index contributed by atoms with van der Waals surface area (Å²) >= 11 is 0. The summed E-state index contributed by atoms with van der Waals surface area (Å²) in [5.41, 5.74) is 14.6. The van der Waals surface area contributed by atoms with Gasteiger partial charge in [-0.1, -0.05) is 43.5 Å². The van der Waals surface area contributed by atoms with Gasteiger partial charge in [-0.15, -0.1) is 0 Å². The Morgan fingerprint density at radius 2 is 1.68 bits per heavy atom. The average Bonchev–Trinajstić information content (AvgIpc) is 2.85. The summed E-state index contributed by atoms with van der Waals surface area (Å²) in [6, 6.07) is 11.1. The molecule has 6 aliphatic rings. The molecule has 1 fully saturated rings. The molecule has 1 aliphatic carbocycles.